The highest BCUT2D eigenvalue weighted by atomic mass is 32.1. The van der Waals surface area contributed by atoms with E-state index < -0.39 is 11.7 Å². The number of benzene rings is 1. The number of alkyl halides is 3. The summed E-state index contributed by atoms with van der Waals surface area (Å²) < 4.78 is 35.9. The van der Waals surface area contributed by atoms with Crippen molar-refractivity contribution in [2.24, 2.45) is 0 Å². The lowest BCUT2D eigenvalue weighted by atomic mass is 10.1. The van der Waals surface area contributed by atoms with Gasteiger partial charge in [0.1, 0.15) is 5.82 Å². The molecular weight excluding hydrogens is 291 g/mol. The van der Waals surface area contributed by atoms with Crippen LogP contribution in [0.5, 0.6) is 5.88 Å². The molecule has 0 unspecified atom stereocenters. The van der Waals surface area contributed by atoms with Crippen LogP contribution in [0.4, 0.5) is 19.0 Å². The van der Waals surface area contributed by atoms with Crippen molar-refractivity contribution in [2.75, 3.05) is 5.73 Å². The van der Waals surface area contributed by atoms with Crippen molar-refractivity contribution in [3.63, 3.8) is 0 Å². The number of aromatic nitrogens is 2. The molecule has 2 aromatic rings. The molecule has 3 N–H and O–H groups in total. The number of anilines is 1. The van der Waals surface area contributed by atoms with Gasteiger partial charge in [-0.25, -0.2) is 4.98 Å². The Morgan fingerprint density at radius 2 is 1.85 bits per heavy atom. The summed E-state index contributed by atoms with van der Waals surface area (Å²) in [6.45, 7) is 1.63. The van der Waals surface area contributed by atoms with Crippen LogP contribution in [0.15, 0.2) is 35.5 Å². The van der Waals surface area contributed by atoms with Crippen molar-refractivity contribution < 1.29 is 18.3 Å². The Bertz CT molecular complexity index is 540. The monoisotopic (exact) mass is 303 g/mol. The third-order valence-corrected chi connectivity index (χ3v) is 2.27. The predicted molar refractivity (Wildman–Crippen MR) is 71.5 cm³/mol. The lowest BCUT2D eigenvalue weighted by molar-refractivity contribution is -0.137. The molecule has 0 bridgehead atoms. The maximum absolute atomic E-state index is 12.0. The average Bonchev–Trinajstić information content (AvgIpc) is 2.26. The van der Waals surface area contributed by atoms with E-state index in [0.717, 1.165) is 12.1 Å². The number of hydrogen-bond donors (Lipinski definition) is 3. The Labute approximate surface area is 118 Å². The van der Waals surface area contributed by atoms with Gasteiger partial charge in [0, 0.05) is 6.07 Å². The number of hydrogen-bond acceptors (Lipinski definition) is 5. The summed E-state index contributed by atoms with van der Waals surface area (Å²) in [5, 5.41) is 8.89. The van der Waals surface area contributed by atoms with Gasteiger partial charge in [-0.15, -0.1) is 12.6 Å². The second-order valence-electron chi connectivity index (χ2n) is 3.82. The Balaban J connectivity index is 0.000000204. The Hall–Kier alpha value is -1.96. The molecular formula is C12H12F3N3OS. The maximum atomic E-state index is 12.0. The zero-order chi connectivity index (χ0) is 15.3. The second kappa shape index (κ2) is 6.47. The van der Waals surface area contributed by atoms with Crippen LogP contribution in [0.2, 0.25) is 0 Å². The number of aryl methyl sites for hydroxylation is 1. The van der Waals surface area contributed by atoms with E-state index in [1.807, 2.05) is 0 Å². The Kier molecular flexibility index (Phi) is 5.20. The molecule has 20 heavy (non-hydrogen) atoms. The molecule has 0 atom stereocenters. The molecule has 1 heterocycles. The van der Waals surface area contributed by atoms with E-state index >= 15 is 0 Å². The third kappa shape index (κ3) is 5.35. The highest BCUT2D eigenvalue weighted by molar-refractivity contribution is 7.80. The van der Waals surface area contributed by atoms with E-state index in [1.54, 1.807) is 13.0 Å². The largest absolute Gasteiger partial charge is 0.493 e. The number of nitrogens with zero attached hydrogens (tertiary/aromatic N) is 2. The zero-order valence-corrected chi connectivity index (χ0v) is 11.3. The second-order valence-corrected chi connectivity index (χ2v) is 4.22. The summed E-state index contributed by atoms with van der Waals surface area (Å²) in [6, 6.07) is 6.47. The summed E-state index contributed by atoms with van der Waals surface area (Å²) in [4.78, 5) is 7.07. The molecule has 0 fully saturated rings. The van der Waals surface area contributed by atoms with Crippen LogP contribution in [0, 0.1) is 6.92 Å². The molecule has 0 aliphatic carbocycles. The molecule has 0 radical (unpaired) electrons. The van der Waals surface area contributed by atoms with E-state index in [-0.39, 0.29) is 16.9 Å². The van der Waals surface area contributed by atoms with Crippen molar-refractivity contribution in [3.05, 3.63) is 41.5 Å². The first kappa shape index (κ1) is 16.1. The van der Waals surface area contributed by atoms with Gasteiger partial charge >= 0.3 is 6.18 Å². The molecule has 4 nitrogen and oxygen atoms in total. The molecule has 2 rings (SSSR count). The molecule has 1 aromatic carbocycles. The molecule has 8 heteroatoms. The molecule has 1 aromatic heterocycles. The van der Waals surface area contributed by atoms with Gasteiger partial charge in [-0.05, 0) is 13.0 Å². The fraction of sp³-hybridized carbons (Fsp3) is 0.167. The molecule has 0 amide bonds. The van der Waals surface area contributed by atoms with Gasteiger partial charge in [0.2, 0.25) is 5.88 Å². The SMILES string of the molecule is Cc1cccc(C(F)(F)F)c1.Nc1cc(O)nc(S)n1. The van der Waals surface area contributed by atoms with E-state index in [2.05, 4.69) is 22.6 Å². The summed E-state index contributed by atoms with van der Waals surface area (Å²) in [5.74, 6) is 0.0556. The Morgan fingerprint density at radius 3 is 2.25 bits per heavy atom. The van der Waals surface area contributed by atoms with Crippen LogP contribution < -0.4 is 5.73 Å². The minimum Gasteiger partial charge on any atom is -0.493 e. The summed E-state index contributed by atoms with van der Waals surface area (Å²) in [7, 11) is 0. The van der Waals surface area contributed by atoms with Crippen LogP contribution >= 0.6 is 12.6 Å². The normalized spacial score (nSPS) is 10.7. The van der Waals surface area contributed by atoms with Gasteiger partial charge in [-0.1, -0.05) is 23.8 Å². The minimum absolute atomic E-state index is 0.160. The van der Waals surface area contributed by atoms with Gasteiger partial charge in [0.15, 0.2) is 5.16 Å². The molecule has 0 saturated heterocycles. The summed E-state index contributed by atoms with van der Waals surface area (Å²) in [5.41, 5.74) is 5.24. The van der Waals surface area contributed by atoms with Crippen LogP contribution in [0.25, 0.3) is 0 Å². The van der Waals surface area contributed by atoms with Crippen molar-refractivity contribution in [3.8, 4) is 5.88 Å². The first-order valence-corrected chi connectivity index (χ1v) is 5.79. The number of nitrogen functional groups attached to an aromatic ring is 1. The summed E-state index contributed by atoms with van der Waals surface area (Å²) >= 11 is 3.76. The molecule has 0 saturated carbocycles. The van der Waals surface area contributed by atoms with Gasteiger partial charge in [0.25, 0.3) is 0 Å². The maximum Gasteiger partial charge on any atom is 0.416 e. The van der Waals surface area contributed by atoms with Gasteiger partial charge in [0.05, 0.1) is 5.56 Å². The van der Waals surface area contributed by atoms with Gasteiger partial charge < -0.3 is 10.8 Å². The Morgan fingerprint density at radius 1 is 1.20 bits per heavy atom. The van der Waals surface area contributed by atoms with Gasteiger partial charge in [-0.3, -0.25) is 0 Å². The minimum atomic E-state index is -4.22. The van der Waals surface area contributed by atoms with Crippen molar-refractivity contribution >= 4 is 18.4 Å². The standard InChI is InChI=1S/C8H7F3.C4H5N3OS/c1-6-3-2-4-7(5-6)8(9,10)11;5-2-1-3(8)7-4(9)6-2/h2-5H,1H3;1H,(H4,5,6,7,8,9). The smallest absolute Gasteiger partial charge is 0.416 e. The van der Waals surface area contributed by atoms with Gasteiger partial charge in [-0.2, -0.15) is 18.2 Å². The number of aromatic hydroxyl groups is 1. The molecule has 0 aliphatic heterocycles. The average molecular weight is 303 g/mol. The fourth-order valence-electron chi connectivity index (χ4n) is 1.26. The number of thiol groups is 1. The highest BCUT2D eigenvalue weighted by Gasteiger charge is 2.29. The van der Waals surface area contributed by atoms with Crippen molar-refractivity contribution in [1.29, 1.82) is 0 Å². The van der Waals surface area contributed by atoms with Crippen LogP contribution in [-0.2, 0) is 6.18 Å². The van der Waals surface area contributed by atoms with E-state index in [9.17, 15) is 13.2 Å². The first-order valence-electron chi connectivity index (χ1n) is 5.35. The van der Waals surface area contributed by atoms with Crippen molar-refractivity contribution in [2.45, 2.75) is 18.3 Å². The number of nitrogens with two attached hydrogens (primary N) is 1. The van der Waals surface area contributed by atoms with E-state index in [1.165, 1.54) is 12.1 Å². The lowest BCUT2D eigenvalue weighted by Crippen LogP contribution is -2.04. The van der Waals surface area contributed by atoms with Crippen LogP contribution in [-0.4, -0.2) is 15.1 Å². The van der Waals surface area contributed by atoms with Crippen molar-refractivity contribution in [1.82, 2.24) is 9.97 Å². The van der Waals surface area contributed by atoms with E-state index in [4.69, 9.17) is 10.8 Å². The number of rotatable bonds is 0. The zero-order valence-electron chi connectivity index (χ0n) is 10.4. The molecule has 108 valence electrons. The third-order valence-electron chi connectivity index (χ3n) is 2.07. The predicted octanol–water partition coefficient (Wildman–Crippen LogP) is 3.07. The quantitative estimate of drug-likeness (QED) is 0.516. The molecule has 0 spiro atoms. The topological polar surface area (TPSA) is 72.0 Å². The molecule has 0 aliphatic rings. The number of halogens is 3. The van der Waals surface area contributed by atoms with Crippen LogP contribution in [0.1, 0.15) is 11.1 Å². The van der Waals surface area contributed by atoms with E-state index in [0.29, 0.717) is 5.56 Å². The highest BCUT2D eigenvalue weighted by Crippen LogP contribution is 2.29. The fourth-order valence-corrected chi connectivity index (χ4v) is 1.48. The van der Waals surface area contributed by atoms with Crippen LogP contribution in [0.3, 0.4) is 0 Å². The lowest BCUT2D eigenvalue weighted by Gasteiger charge is -2.05. The summed E-state index contributed by atoms with van der Waals surface area (Å²) in [6.07, 6.45) is -4.22. The first-order chi connectivity index (χ1) is 9.18.